The Balaban J connectivity index is 2.13. The number of non-ortho nitro benzene ring substituents is 1. The highest BCUT2D eigenvalue weighted by molar-refractivity contribution is 7.14. The van der Waals surface area contributed by atoms with Gasteiger partial charge in [0.1, 0.15) is 5.71 Å². The predicted octanol–water partition coefficient (Wildman–Crippen LogP) is 4.07. The van der Waals surface area contributed by atoms with E-state index in [2.05, 4.69) is 15.5 Å². The van der Waals surface area contributed by atoms with Crippen LogP contribution in [0.5, 0.6) is 0 Å². The van der Waals surface area contributed by atoms with E-state index in [4.69, 9.17) is 0 Å². The standard InChI is InChI=1S/C12H9F3N4O2S/c1-7(12(13,14)15)17-18-11-16-10(6-22-11)8-2-4-9(5-3-8)19(20)21/h2-6H,1H3,(H,16,18). The average molecular weight is 330 g/mol. The Morgan fingerprint density at radius 2 is 2.00 bits per heavy atom. The van der Waals surface area contributed by atoms with Crippen LogP contribution in [0.4, 0.5) is 24.0 Å². The molecule has 6 nitrogen and oxygen atoms in total. The van der Waals surface area contributed by atoms with Crippen LogP contribution in [0.3, 0.4) is 0 Å². The molecule has 116 valence electrons. The van der Waals surface area contributed by atoms with E-state index in [1.165, 1.54) is 24.3 Å². The van der Waals surface area contributed by atoms with Crippen LogP contribution in [-0.2, 0) is 0 Å². The number of hydrogen-bond acceptors (Lipinski definition) is 6. The van der Waals surface area contributed by atoms with Gasteiger partial charge in [-0.05, 0) is 19.1 Å². The summed E-state index contributed by atoms with van der Waals surface area (Å²) in [5, 5.41) is 15.6. The lowest BCUT2D eigenvalue weighted by Gasteiger charge is -2.04. The molecule has 0 unspecified atom stereocenters. The van der Waals surface area contributed by atoms with Gasteiger partial charge in [-0.25, -0.2) is 4.98 Å². The van der Waals surface area contributed by atoms with Gasteiger partial charge in [-0.2, -0.15) is 18.3 Å². The van der Waals surface area contributed by atoms with Crippen LogP contribution in [0.25, 0.3) is 11.3 Å². The van der Waals surface area contributed by atoms with Crippen molar-refractivity contribution in [2.75, 3.05) is 5.43 Å². The van der Waals surface area contributed by atoms with E-state index in [-0.39, 0.29) is 10.8 Å². The summed E-state index contributed by atoms with van der Waals surface area (Å²) in [6.45, 7) is 0.845. The molecule has 0 spiro atoms. The van der Waals surface area contributed by atoms with Gasteiger partial charge >= 0.3 is 6.18 Å². The van der Waals surface area contributed by atoms with E-state index >= 15 is 0 Å². The van der Waals surface area contributed by atoms with Crippen molar-refractivity contribution in [1.82, 2.24) is 4.98 Å². The molecule has 10 heteroatoms. The summed E-state index contributed by atoms with van der Waals surface area (Å²) >= 11 is 1.08. The lowest BCUT2D eigenvalue weighted by molar-refractivity contribution is -0.384. The topological polar surface area (TPSA) is 80.4 Å². The molecular weight excluding hydrogens is 321 g/mol. The number of hydrazone groups is 1. The SMILES string of the molecule is CC(=NNc1nc(-c2ccc([N+](=O)[O-])cc2)cs1)C(F)(F)F. The Labute approximate surface area is 126 Å². The number of rotatable bonds is 4. The number of nitro benzene ring substituents is 1. The molecule has 0 amide bonds. The Morgan fingerprint density at radius 3 is 2.55 bits per heavy atom. The summed E-state index contributed by atoms with van der Waals surface area (Å²) in [6.07, 6.45) is -4.49. The molecule has 0 aliphatic heterocycles. The summed E-state index contributed by atoms with van der Waals surface area (Å²) < 4.78 is 36.8. The summed E-state index contributed by atoms with van der Waals surface area (Å²) in [6, 6.07) is 5.68. The fourth-order valence-electron chi connectivity index (χ4n) is 1.41. The molecule has 0 bridgehead atoms. The minimum Gasteiger partial charge on any atom is -0.258 e. The van der Waals surface area contributed by atoms with Gasteiger partial charge in [0.2, 0.25) is 5.13 Å². The second kappa shape index (κ2) is 6.10. The number of benzene rings is 1. The largest absolute Gasteiger partial charge is 0.430 e. The molecule has 0 saturated heterocycles. The normalized spacial score (nSPS) is 12.3. The summed E-state index contributed by atoms with van der Waals surface area (Å²) in [5.41, 5.74) is 2.28. The molecule has 0 fully saturated rings. The number of nitrogens with zero attached hydrogens (tertiary/aromatic N) is 3. The highest BCUT2D eigenvalue weighted by Crippen LogP contribution is 2.26. The van der Waals surface area contributed by atoms with Gasteiger partial charge < -0.3 is 0 Å². The molecule has 1 N–H and O–H groups in total. The van der Waals surface area contributed by atoms with E-state index in [0.29, 0.717) is 11.3 Å². The number of thiazole rings is 1. The molecule has 1 heterocycles. The zero-order valence-electron chi connectivity index (χ0n) is 11.1. The van der Waals surface area contributed by atoms with Gasteiger partial charge in [0.15, 0.2) is 0 Å². The first-order valence-electron chi connectivity index (χ1n) is 5.85. The van der Waals surface area contributed by atoms with Crippen LogP contribution in [0.2, 0.25) is 0 Å². The van der Waals surface area contributed by atoms with Gasteiger partial charge in [0.25, 0.3) is 5.69 Å². The maximum Gasteiger partial charge on any atom is 0.430 e. The number of nitro groups is 1. The summed E-state index contributed by atoms with van der Waals surface area (Å²) in [7, 11) is 0. The number of alkyl halides is 3. The van der Waals surface area contributed by atoms with Gasteiger partial charge in [-0.1, -0.05) is 0 Å². The minimum absolute atomic E-state index is 0.0530. The molecule has 2 rings (SSSR count). The molecule has 0 aliphatic rings. The molecule has 0 saturated carbocycles. The van der Waals surface area contributed by atoms with Crippen LogP contribution in [0, 0.1) is 10.1 Å². The van der Waals surface area contributed by atoms with Gasteiger partial charge in [-0.15, -0.1) is 11.3 Å². The van der Waals surface area contributed by atoms with Crippen molar-refractivity contribution in [3.05, 3.63) is 39.8 Å². The minimum atomic E-state index is -4.49. The third kappa shape index (κ3) is 3.79. The first kappa shape index (κ1) is 15.9. The highest BCUT2D eigenvalue weighted by atomic mass is 32.1. The quantitative estimate of drug-likeness (QED) is 0.520. The zero-order valence-corrected chi connectivity index (χ0v) is 11.9. The monoisotopic (exact) mass is 330 g/mol. The Morgan fingerprint density at radius 1 is 1.36 bits per heavy atom. The number of hydrogen-bond donors (Lipinski definition) is 1. The molecule has 0 radical (unpaired) electrons. The first-order chi connectivity index (χ1) is 10.3. The molecule has 2 aromatic rings. The number of nitrogens with one attached hydrogen (secondary N) is 1. The average Bonchev–Trinajstić information content (AvgIpc) is 2.92. The Hall–Kier alpha value is -2.49. The van der Waals surface area contributed by atoms with E-state index in [1.54, 1.807) is 5.38 Å². The van der Waals surface area contributed by atoms with Crippen molar-refractivity contribution < 1.29 is 18.1 Å². The van der Waals surface area contributed by atoms with Gasteiger partial charge in [0.05, 0.1) is 10.6 Å². The molecule has 22 heavy (non-hydrogen) atoms. The van der Waals surface area contributed by atoms with Gasteiger partial charge in [0, 0.05) is 23.1 Å². The lowest BCUT2D eigenvalue weighted by Crippen LogP contribution is -2.20. The van der Waals surface area contributed by atoms with Crippen molar-refractivity contribution in [3.8, 4) is 11.3 Å². The van der Waals surface area contributed by atoms with E-state index in [1.807, 2.05) is 0 Å². The maximum atomic E-state index is 12.3. The Kier molecular flexibility index (Phi) is 4.40. The predicted molar refractivity (Wildman–Crippen MR) is 77.0 cm³/mol. The number of anilines is 1. The summed E-state index contributed by atoms with van der Waals surface area (Å²) in [5.74, 6) is 0. The fraction of sp³-hybridized carbons (Fsp3) is 0.167. The first-order valence-corrected chi connectivity index (χ1v) is 6.73. The van der Waals surface area contributed by atoms with Crippen molar-refractivity contribution >= 4 is 27.9 Å². The number of aromatic nitrogens is 1. The highest BCUT2D eigenvalue weighted by Gasteiger charge is 2.32. The molecule has 0 aliphatic carbocycles. The van der Waals surface area contributed by atoms with Crippen LogP contribution in [0.1, 0.15) is 6.92 Å². The van der Waals surface area contributed by atoms with Crippen molar-refractivity contribution in [1.29, 1.82) is 0 Å². The third-order valence-corrected chi connectivity index (χ3v) is 3.35. The maximum absolute atomic E-state index is 12.3. The van der Waals surface area contributed by atoms with Crippen LogP contribution < -0.4 is 5.43 Å². The lowest BCUT2D eigenvalue weighted by atomic mass is 10.1. The van der Waals surface area contributed by atoms with E-state index < -0.39 is 16.8 Å². The molecular formula is C12H9F3N4O2S. The van der Waals surface area contributed by atoms with E-state index in [9.17, 15) is 23.3 Å². The molecule has 1 aromatic heterocycles. The van der Waals surface area contributed by atoms with Gasteiger partial charge in [-0.3, -0.25) is 15.5 Å². The van der Waals surface area contributed by atoms with Crippen LogP contribution >= 0.6 is 11.3 Å². The Bertz CT molecular complexity index is 710. The molecule has 1 aromatic carbocycles. The van der Waals surface area contributed by atoms with Crippen LogP contribution in [0.15, 0.2) is 34.7 Å². The fourth-order valence-corrected chi connectivity index (χ4v) is 2.07. The van der Waals surface area contributed by atoms with Crippen molar-refractivity contribution in [2.24, 2.45) is 5.10 Å². The second-order valence-corrected chi connectivity index (χ2v) is 5.01. The van der Waals surface area contributed by atoms with E-state index in [0.717, 1.165) is 18.3 Å². The van der Waals surface area contributed by atoms with Crippen molar-refractivity contribution in [2.45, 2.75) is 13.1 Å². The van der Waals surface area contributed by atoms with Crippen molar-refractivity contribution in [3.63, 3.8) is 0 Å². The number of halogens is 3. The second-order valence-electron chi connectivity index (χ2n) is 4.15. The smallest absolute Gasteiger partial charge is 0.258 e. The molecule has 0 atom stereocenters. The third-order valence-electron chi connectivity index (χ3n) is 2.61. The van der Waals surface area contributed by atoms with Crippen LogP contribution in [-0.4, -0.2) is 21.8 Å². The summed E-state index contributed by atoms with van der Waals surface area (Å²) in [4.78, 5) is 14.1. The zero-order chi connectivity index (χ0) is 16.3.